The molecule has 33 heavy (non-hydrogen) atoms. The lowest BCUT2D eigenvalue weighted by Crippen LogP contribution is -2.54. The van der Waals surface area contributed by atoms with E-state index in [0.717, 1.165) is 28.6 Å². The second-order valence-electron chi connectivity index (χ2n) is 8.19. The van der Waals surface area contributed by atoms with Crippen molar-refractivity contribution in [2.75, 3.05) is 6.61 Å². The summed E-state index contributed by atoms with van der Waals surface area (Å²) in [4.78, 5) is 39.8. The van der Waals surface area contributed by atoms with Gasteiger partial charge in [-0.2, -0.15) is 0 Å². The van der Waals surface area contributed by atoms with Gasteiger partial charge in [0.1, 0.15) is 12.1 Å². The Balaban J connectivity index is 1.36. The van der Waals surface area contributed by atoms with Crippen molar-refractivity contribution < 1.29 is 28.6 Å². The molecular formula is C24H23N3O6. The minimum absolute atomic E-state index is 0.00721. The number of carboxylic acid groups (broad SMARTS) is 1. The first-order chi connectivity index (χ1) is 15.8. The topological polar surface area (TPSA) is 131 Å². The molecule has 2 aromatic carbocycles. The van der Waals surface area contributed by atoms with Gasteiger partial charge in [-0.3, -0.25) is 4.79 Å². The molecule has 0 spiro atoms. The summed E-state index contributed by atoms with van der Waals surface area (Å²) in [6.07, 6.45) is 0.258. The van der Waals surface area contributed by atoms with Crippen molar-refractivity contribution in [1.29, 1.82) is 0 Å². The summed E-state index contributed by atoms with van der Waals surface area (Å²) in [6, 6.07) is 16.0. The smallest absolute Gasteiger partial charge is 0.408 e. The molecule has 1 heterocycles. The summed E-state index contributed by atoms with van der Waals surface area (Å²) >= 11 is 0. The Bertz CT molecular complexity index is 1170. The van der Waals surface area contributed by atoms with E-state index in [1.165, 1.54) is 13.8 Å². The van der Waals surface area contributed by atoms with Crippen molar-refractivity contribution >= 4 is 18.0 Å². The molecule has 9 heteroatoms. The SMILES string of the molecule is CC(C)(NC(=O)OCC1c2ccccc2-c2ccccc21)C(=O)NCc1ocnc1C(=O)O. The third kappa shape index (κ3) is 4.43. The van der Waals surface area contributed by atoms with Gasteiger partial charge in [-0.05, 0) is 36.1 Å². The highest BCUT2D eigenvalue weighted by Gasteiger charge is 2.33. The number of oxazole rings is 1. The molecule has 0 saturated heterocycles. The molecule has 0 fully saturated rings. The fraction of sp³-hybridized carbons (Fsp3) is 0.250. The molecule has 1 aromatic heterocycles. The molecule has 0 radical (unpaired) electrons. The van der Waals surface area contributed by atoms with Gasteiger partial charge >= 0.3 is 12.1 Å². The molecular weight excluding hydrogens is 426 g/mol. The lowest BCUT2D eigenvalue weighted by Gasteiger charge is -2.25. The van der Waals surface area contributed by atoms with Gasteiger partial charge in [0.15, 0.2) is 17.8 Å². The first-order valence-electron chi connectivity index (χ1n) is 10.3. The van der Waals surface area contributed by atoms with Gasteiger partial charge < -0.3 is 24.9 Å². The van der Waals surface area contributed by atoms with Crippen LogP contribution >= 0.6 is 0 Å². The van der Waals surface area contributed by atoms with Crippen LogP contribution in [0.4, 0.5) is 4.79 Å². The Morgan fingerprint density at radius 1 is 1.06 bits per heavy atom. The van der Waals surface area contributed by atoms with Crippen LogP contribution < -0.4 is 10.6 Å². The number of nitrogens with zero attached hydrogens (tertiary/aromatic N) is 1. The van der Waals surface area contributed by atoms with Crippen LogP contribution in [0.15, 0.2) is 59.3 Å². The molecule has 1 aliphatic carbocycles. The third-order valence-electron chi connectivity index (χ3n) is 5.58. The van der Waals surface area contributed by atoms with Gasteiger partial charge in [0.05, 0.1) is 6.54 Å². The number of carbonyl (C=O) groups excluding carboxylic acids is 2. The van der Waals surface area contributed by atoms with Crippen LogP contribution in [0.2, 0.25) is 0 Å². The van der Waals surface area contributed by atoms with Gasteiger partial charge in [0.25, 0.3) is 0 Å². The Kier molecular flexibility index (Phi) is 5.87. The van der Waals surface area contributed by atoms with Crippen LogP contribution in [-0.2, 0) is 16.1 Å². The normalized spacial score (nSPS) is 12.5. The molecule has 1 aliphatic rings. The summed E-state index contributed by atoms with van der Waals surface area (Å²) in [7, 11) is 0. The molecule has 4 rings (SSSR count). The maximum Gasteiger partial charge on any atom is 0.408 e. The van der Waals surface area contributed by atoms with E-state index in [2.05, 4.69) is 15.6 Å². The Labute approximate surface area is 189 Å². The standard InChI is InChI=1S/C24H23N3O6/c1-24(2,22(30)25-11-19-20(21(28)29)26-13-33-19)27-23(31)32-12-18-16-9-5-3-7-14(16)15-8-4-6-10-17(15)18/h3-10,13,18H,11-12H2,1-2H3,(H,25,30)(H,27,31)(H,28,29). The van der Waals surface area contributed by atoms with Crippen molar-refractivity contribution in [2.24, 2.45) is 0 Å². The molecule has 170 valence electrons. The average molecular weight is 449 g/mol. The average Bonchev–Trinajstić information content (AvgIpc) is 3.38. The van der Waals surface area contributed by atoms with Crippen molar-refractivity contribution in [3.63, 3.8) is 0 Å². The fourth-order valence-corrected chi connectivity index (χ4v) is 3.90. The van der Waals surface area contributed by atoms with Crippen molar-refractivity contribution in [3.8, 4) is 11.1 Å². The number of benzene rings is 2. The zero-order chi connectivity index (χ0) is 23.6. The second kappa shape index (κ2) is 8.78. The number of fused-ring (bicyclic) bond motifs is 3. The summed E-state index contributed by atoms with van der Waals surface area (Å²) in [6.45, 7) is 2.97. The molecule has 9 nitrogen and oxygen atoms in total. The van der Waals surface area contributed by atoms with E-state index in [0.29, 0.717) is 0 Å². The fourth-order valence-electron chi connectivity index (χ4n) is 3.90. The van der Waals surface area contributed by atoms with Crippen molar-refractivity contribution in [2.45, 2.75) is 31.8 Å². The van der Waals surface area contributed by atoms with Gasteiger partial charge in [-0.1, -0.05) is 48.5 Å². The monoisotopic (exact) mass is 449 g/mol. The van der Waals surface area contributed by atoms with Crippen LogP contribution in [0.3, 0.4) is 0 Å². The van der Waals surface area contributed by atoms with E-state index in [1.807, 2.05) is 48.5 Å². The highest BCUT2D eigenvalue weighted by Crippen LogP contribution is 2.44. The molecule has 0 saturated carbocycles. The quantitative estimate of drug-likeness (QED) is 0.504. The number of aromatic nitrogens is 1. The van der Waals surface area contributed by atoms with E-state index in [9.17, 15) is 14.4 Å². The first-order valence-corrected chi connectivity index (χ1v) is 10.3. The minimum Gasteiger partial charge on any atom is -0.476 e. The molecule has 0 unspecified atom stereocenters. The first kappa shape index (κ1) is 22.1. The molecule has 2 amide bonds. The largest absolute Gasteiger partial charge is 0.476 e. The third-order valence-corrected chi connectivity index (χ3v) is 5.58. The van der Waals surface area contributed by atoms with E-state index in [-0.39, 0.29) is 30.5 Å². The lowest BCUT2D eigenvalue weighted by molar-refractivity contribution is -0.126. The van der Waals surface area contributed by atoms with Crippen LogP contribution in [0.1, 0.15) is 47.1 Å². The zero-order valence-corrected chi connectivity index (χ0v) is 18.1. The maximum atomic E-state index is 12.6. The van der Waals surface area contributed by atoms with E-state index < -0.39 is 23.5 Å². The summed E-state index contributed by atoms with van der Waals surface area (Å²) in [5, 5.41) is 14.2. The molecule has 0 bridgehead atoms. The number of ether oxygens (including phenoxy) is 1. The minimum atomic E-state index is -1.31. The van der Waals surface area contributed by atoms with E-state index in [1.54, 1.807) is 0 Å². The Morgan fingerprint density at radius 2 is 1.67 bits per heavy atom. The highest BCUT2D eigenvalue weighted by molar-refractivity contribution is 5.90. The Morgan fingerprint density at radius 3 is 2.27 bits per heavy atom. The Hall–Kier alpha value is -4.14. The number of hydrogen-bond donors (Lipinski definition) is 3. The summed E-state index contributed by atoms with van der Waals surface area (Å²) < 4.78 is 10.5. The van der Waals surface area contributed by atoms with Crippen molar-refractivity contribution in [1.82, 2.24) is 15.6 Å². The van der Waals surface area contributed by atoms with Gasteiger partial charge in [0.2, 0.25) is 5.91 Å². The van der Waals surface area contributed by atoms with Crippen LogP contribution in [0, 0.1) is 0 Å². The maximum absolute atomic E-state index is 12.6. The number of amides is 2. The van der Waals surface area contributed by atoms with Gasteiger partial charge in [-0.15, -0.1) is 0 Å². The molecule has 0 aliphatic heterocycles. The number of carboxylic acids is 1. The number of hydrogen-bond acceptors (Lipinski definition) is 6. The van der Waals surface area contributed by atoms with Crippen LogP contribution in [0.5, 0.6) is 0 Å². The lowest BCUT2D eigenvalue weighted by atomic mass is 9.98. The van der Waals surface area contributed by atoms with E-state index in [4.69, 9.17) is 14.3 Å². The van der Waals surface area contributed by atoms with E-state index >= 15 is 0 Å². The molecule has 3 N–H and O–H groups in total. The molecule has 0 atom stereocenters. The number of alkyl carbamates (subject to hydrolysis) is 1. The molecule has 3 aromatic rings. The number of rotatable bonds is 7. The number of aromatic carboxylic acids is 1. The van der Waals surface area contributed by atoms with Gasteiger partial charge in [0, 0.05) is 5.92 Å². The van der Waals surface area contributed by atoms with Crippen LogP contribution in [0.25, 0.3) is 11.1 Å². The highest BCUT2D eigenvalue weighted by atomic mass is 16.5. The number of carbonyl (C=O) groups is 3. The summed E-state index contributed by atoms with van der Waals surface area (Å²) in [5.41, 5.74) is 2.82. The second-order valence-corrected chi connectivity index (χ2v) is 8.19. The predicted octanol–water partition coefficient (Wildman–Crippen LogP) is 3.31. The summed E-state index contributed by atoms with van der Waals surface area (Å²) in [5.74, 6) is -1.89. The number of nitrogens with one attached hydrogen (secondary N) is 2. The zero-order valence-electron chi connectivity index (χ0n) is 18.1. The van der Waals surface area contributed by atoms with Crippen LogP contribution in [-0.4, -0.2) is 40.2 Å². The van der Waals surface area contributed by atoms with Crippen molar-refractivity contribution in [3.05, 3.63) is 77.5 Å². The van der Waals surface area contributed by atoms with Gasteiger partial charge in [-0.25, -0.2) is 14.6 Å². The predicted molar refractivity (Wildman–Crippen MR) is 118 cm³/mol.